The zero-order valence-corrected chi connectivity index (χ0v) is 14.9. The Balaban J connectivity index is 1.44. The number of hydrogen-bond donors (Lipinski definition) is 1. The van der Waals surface area contributed by atoms with Crippen LogP contribution in [0.2, 0.25) is 0 Å². The van der Waals surface area contributed by atoms with Gasteiger partial charge in [0.15, 0.2) is 0 Å². The molecule has 3 heterocycles. The molecule has 1 atom stereocenters. The van der Waals surface area contributed by atoms with E-state index < -0.39 is 12.1 Å². The van der Waals surface area contributed by atoms with E-state index in [1.807, 2.05) is 17.4 Å². The van der Waals surface area contributed by atoms with Crippen LogP contribution < -0.4 is 10.2 Å². The lowest BCUT2D eigenvalue weighted by atomic mass is 9.95. The lowest BCUT2D eigenvalue weighted by molar-refractivity contribution is -0.173. The van der Waals surface area contributed by atoms with E-state index in [9.17, 15) is 22.8 Å². The molecule has 2 saturated heterocycles. The Kier molecular flexibility index (Phi) is 5.86. The Hall–Kier alpha value is -2.32. The molecule has 6 nitrogen and oxygen atoms in total. The third kappa shape index (κ3) is 4.90. The second kappa shape index (κ2) is 8.14. The van der Waals surface area contributed by atoms with Crippen molar-refractivity contribution in [2.45, 2.75) is 25.4 Å². The van der Waals surface area contributed by atoms with Gasteiger partial charge in [-0.25, -0.2) is 0 Å². The second-order valence-corrected chi connectivity index (χ2v) is 7.11. The molecule has 2 fully saturated rings. The van der Waals surface area contributed by atoms with Gasteiger partial charge in [0.1, 0.15) is 0 Å². The summed E-state index contributed by atoms with van der Waals surface area (Å²) in [7, 11) is 0. The molecule has 2 aliphatic heterocycles. The molecule has 2 aliphatic rings. The number of rotatable bonds is 4. The van der Waals surface area contributed by atoms with Crippen molar-refractivity contribution in [3.05, 3.63) is 24.5 Å². The number of piperidine rings is 1. The van der Waals surface area contributed by atoms with Crippen LogP contribution in [-0.2, 0) is 9.59 Å². The minimum Gasteiger partial charge on any atom is -0.371 e. The summed E-state index contributed by atoms with van der Waals surface area (Å²) in [6.07, 6.45) is 0.750. The van der Waals surface area contributed by atoms with E-state index in [1.54, 1.807) is 17.3 Å². The van der Waals surface area contributed by atoms with Crippen LogP contribution in [0, 0.1) is 11.8 Å². The molecule has 2 amide bonds. The topological polar surface area (TPSA) is 65.5 Å². The number of nitrogens with one attached hydrogen (secondary N) is 1. The quantitative estimate of drug-likeness (QED) is 0.860. The van der Waals surface area contributed by atoms with Crippen molar-refractivity contribution in [1.29, 1.82) is 0 Å². The number of pyridine rings is 1. The Morgan fingerprint density at radius 1 is 1.11 bits per heavy atom. The smallest absolute Gasteiger partial charge is 0.371 e. The number of halogens is 3. The van der Waals surface area contributed by atoms with Crippen LogP contribution in [0.25, 0.3) is 0 Å². The second-order valence-electron chi connectivity index (χ2n) is 7.11. The van der Waals surface area contributed by atoms with E-state index in [2.05, 4.69) is 9.88 Å². The highest BCUT2D eigenvalue weighted by atomic mass is 19.4. The summed E-state index contributed by atoms with van der Waals surface area (Å²) in [5, 5.41) is 1.91. The van der Waals surface area contributed by atoms with Crippen LogP contribution in [0.1, 0.15) is 19.3 Å². The molecule has 1 aromatic rings. The Morgan fingerprint density at radius 3 is 2.41 bits per heavy atom. The summed E-state index contributed by atoms with van der Waals surface area (Å²) in [6.45, 7) is 2.47. The van der Waals surface area contributed by atoms with Gasteiger partial charge in [-0.15, -0.1) is 0 Å². The number of anilines is 1. The molecule has 0 aliphatic carbocycles. The van der Waals surface area contributed by atoms with E-state index in [0.29, 0.717) is 19.5 Å². The SMILES string of the molecule is O=C(C1CCN(c2ccncc2)CC1)N1CCC(CNC(=O)C(F)(F)F)C1. The van der Waals surface area contributed by atoms with Crippen LogP contribution in [0.5, 0.6) is 0 Å². The fourth-order valence-corrected chi connectivity index (χ4v) is 3.73. The number of likely N-dealkylation sites (tertiary alicyclic amines) is 1. The van der Waals surface area contributed by atoms with Crippen molar-refractivity contribution in [3.8, 4) is 0 Å². The van der Waals surface area contributed by atoms with Crippen molar-refractivity contribution in [2.24, 2.45) is 11.8 Å². The number of aromatic nitrogens is 1. The van der Waals surface area contributed by atoms with Crippen LogP contribution in [0.15, 0.2) is 24.5 Å². The Bertz CT molecular complexity index is 660. The fourth-order valence-electron chi connectivity index (χ4n) is 3.73. The molecule has 0 aromatic carbocycles. The van der Waals surface area contributed by atoms with E-state index in [1.165, 1.54) is 0 Å². The number of hydrogen-bond acceptors (Lipinski definition) is 4. The number of carbonyl (C=O) groups excluding carboxylic acids is 2. The predicted octanol–water partition coefficient (Wildman–Crippen LogP) is 1.82. The minimum atomic E-state index is -4.86. The molecule has 0 bridgehead atoms. The molecule has 0 radical (unpaired) electrons. The first-order chi connectivity index (χ1) is 12.8. The van der Waals surface area contributed by atoms with Gasteiger partial charge in [0.25, 0.3) is 0 Å². The normalized spacial score (nSPS) is 21.4. The third-order valence-corrected chi connectivity index (χ3v) is 5.28. The molecule has 0 saturated carbocycles. The molecule has 9 heteroatoms. The molecular weight excluding hydrogens is 361 g/mol. The van der Waals surface area contributed by atoms with Crippen molar-refractivity contribution < 1.29 is 22.8 Å². The molecule has 3 rings (SSSR count). The fraction of sp³-hybridized carbons (Fsp3) is 0.611. The number of amides is 2. The molecule has 0 spiro atoms. The minimum absolute atomic E-state index is 0.0494. The van der Waals surface area contributed by atoms with Gasteiger partial charge in [0.2, 0.25) is 5.91 Å². The van der Waals surface area contributed by atoms with E-state index in [4.69, 9.17) is 0 Å². The summed E-state index contributed by atoms with van der Waals surface area (Å²) in [6, 6.07) is 3.89. The maximum atomic E-state index is 12.7. The summed E-state index contributed by atoms with van der Waals surface area (Å²) in [5.41, 5.74) is 1.09. The maximum Gasteiger partial charge on any atom is 0.471 e. The van der Waals surface area contributed by atoms with E-state index in [0.717, 1.165) is 31.6 Å². The van der Waals surface area contributed by atoms with Crippen LogP contribution >= 0.6 is 0 Å². The lowest BCUT2D eigenvalue weighted by Crippen LogP contribution is -2.43. The van der Waals surface area contributed by atoms with Gasteiger partial charge in [-0.1, -0.05) is 0 Å². The molecule has 148 valence electrons. The number of carbonyl (C=O) groups is 2. The molecule has 1 aromatic heterocycles. The first-order valence-electron chi connectivity index (χ1n) is 9.13. The molecule has 27 heavy (non-hydrogen) atoms. The van der Waals surface area contributed by atoms with Gasteiger partial charge < -0.3 is 15.1 Å². The van der Waals surface area contributed by atoms with Gasteiger partial charge in [0, 0.05) is 56.7 Å². The van der Waals surface area contributed by atoms with E-state index >= 15 is 0 Å². The number of nitrogens with zero attached hydrogens (tertiary/aromatic N) is 3. The summed E-state index contributed by atoms with van der Waals surface area (Å²) in [4.78, 5) is 31.6. The van der Waals surface area contributed by atoms with Crippen molar-refractivity contribution in [2.75, 3.05) is 37.6 Å². The van der Waals surface area contributed by atoms with E-state index in [-0.39, 0.29) is 24.3 Å². The van der Waals surface area contributed by atoms with Crippen LogP contribution in [0.4, 0.5) is 18.9 Å². The van der Waals surface area contributed by atoms with Crippen molar-refractivity contribution >= 4 is 17.5 Å². The zero-order chi connectivity index (χ0) is 19.4. The lowest BCUT2D eigenvalue weighted by Gasteiger charge is -2.34. The summed E-state index contributed by atoms with van der Waals surface area (Å²) < 4.78 is 36.7. The average molecular weight is 384 g/mol. The molecular formula is C18H23F3N4O2. The first kappa shape index (κ1) is 19.4. The molecule has 1 unspecified atom stereocenters. The van der Waals surface area contributed by atoms with Gasteiger partial charge in [0.05, 0.1) is 0 Å². The van der Waals surface area contributed by atoms with Crippen molar-refractivity contribution in [3.63, 3.8) is 0 Å². The molecule has 1 N–H and O–H groups in total. The first-order valence-corrected chi connectivity index (χ1v) is 9.13. The standard InChI is InChI=1S/C18H23F3N4O2/c19-18(20,21)17(27)23-11-13-3-8-25(12-13)16(26)14-4-9-24(10-5-14)15-1-6-22-7-2-15/h1-2,6-7,13-14H,3-5,8-12H2,(H,23,27). The summed E-state index contributed by atoms with van der Waals surface area (Å²) >= 11 is 0. The van der Waals surface area contributed by atoms with Crippen LogP contribution in [0.3, 0.4) is 0 Å². The maximum absolute atomic E-state index is 12.7. The Labute approximate surface area is 155 Å². The highest BCUT2D eigenvalue weighted by molar-refractivity contribution is 5.81. The van der Waals surface area contributed by atoms with Gasteiger partial charge >= 0.3 is 12.1 Å². The third-order valence-electron chi connectivity index (χ3n) is 5.28. The largest absolute Gasteiger partial charge is 0.471 e. The highest BCUT2D eigenvalue weighted by Gasteiger charge is 2.39. The highest BCUT2D eigenvalue weighted by Crippen LogP contribution is 2.26. The Morgan fingerprint density at radius 2 is 1.78 bits per heavy atom. The zero-order valence-electron chi connectivity index (χ0n) is 14.9. The van der Waals surface area contributed by atoms with Crippen molar-refractivity contribution in [1.82, 2.24) is 15.2 Å². The monoisotopic (exact) mass is 384 g/mol. The van der Waals surface area contributed by atoms with Gasteiger partial charge in [-0.05, 0) is 37.3 Å². The number of alkyl halides is 3. The van der Waals surface area contributed by atoms with Crippen LogP contribution in [-0.4, -0.2) is 60.6 Å². The van der Waals surface area contributed by atoms with Gasteiger partial charge in [-0.3, -0.25) is 14.6 Å². The van der Waals surface area contributed by atoms with Gasteiger partial charge in [-0.2, -0.15) is 13.2 Å². The average Bonchev–Trinajstić information content (AvgIpc) is 3.14. The predicted molar refractivity (Wildman–Crippen MR) is 92.9 cm³/mol. The summed E-state index contributed by atoms with van der Waals surface area (Å²) in [5.74, 6) is -2.02.